The number of hydrogen-bond acceptors (Lipinski definition) is 5. The first-order valence-electron chi connectivity index (χ1n) is 7.24. The minimum absolute atomic E-state index is 0.212. The molecule has 0 aliphatic carbocycles. The molecule has 0 amide bonds. The second-order valence-electron chi connectivity index (χ2n) is 5.14. The summed E-state index contributed by atoms with van der Waals surface area (Å²) in [7, 11) is 0. The Hall–Kier alpha value is -2.99. The van der Waals surface area contributed by atoms with E-state index in [1.807, 2.05) is 60.7 Å². The van der Waals surface area contributed by atoms with Crippen LogP contribution in [0, 0.1) is 6.92 Å². The normalized spacial score (nSPS) is 10.5. The van der Waals surface area contributed by atoms with Crippen LogP contribution in [-0.2, 0) is 6.54 Å². The number of nitrogens with two attached hydrogens (primary N) is 1. The topological polar surface area (TPSA) is 77.0 Å². The molecule has 0 unspecified atom stereocenters. The second-order valence-corrected chi connectivity index (χ2v) is 5.14. The van der Waals surface area contributed by atoms with E-state index in [-0.39, 0.29) is 5.95 Å². The average molecular weight is 307 g/mol. The highest BCUT2D eigenvalue weighted by molar-refractivity contribution is 5.35. The predicted molar refractivity (Wildman–Crippen MR) is 89.2 cm³/mol. The molecule has 23 heavy (non-hydrogen) atoms. The number of aromatic nitrogens is 3. The van der Waals surface area contributed by atoms with Crippen molar-refractivity contribution in [3.05, 3.63) is 82.5 Å². The molecule has 3 rings (SSSR count). The number of nitrogens with zero attached hydrogens (tertiary/aromatic N) is 4. The van der Waals surface area contributed by atoms with E-state index < -0.39 is 5.69 Å². The number of anilines is 1. The summed E-state index contributed by atoms with van der Waals surface area (Å²) in [4.78, 5) is 20.7. The second kappa shape index (κ2) is 6.41. The van der Waals surface area contributed by atoms with Crippen LogP contribution in [0.4, 0.5) is 5.95 Å². The molecule has 0 aliphatic rings. The first-order chi connectivity index (χ1) is 11.1. The predicted octanol–water partition coefficient (Wildman–Crippen LogP) is 1.82. The maximum Gasteiger partial charge on any atom is 0.356 e. The molecule has 116 valence electrons. The van der Waals surface area contributed by atoms with Gasteiger partial charge in [0, 0.05) is 0 Å². The zero-order valence-corrected chi connectivity index (χ0v) is 12.8. The Balaban J connectivity index is 1.92. The number of hydrazine groups is 1. The van der Waals surface area contributed by atoms with Gasteiger partial charge in [0.15, 0.2) is 0 Å². The van der Waals surface area contributed by atoms with Gasteiger partial charge in [-0.15, -0.1) is 0 Å². The van der Waals surface area contributed by atoms with Crippen molar-refractivity contribution < 1.29 is 0 Å². The Bertz CT molecular complexity index is 846. The molecule has 0 radical (unpaired) electrons. The Morgan fingerprint density at radius 3 is 2.22 bits per heavy atom. The highest BCUT2D eigenvalue weighted by atomic mass is 16.1. The van der Waals surface area contributed by atoms with Gasteiger partial charge in [0.2, 0.25) is 5.95 Å². The van der Waals surface area contributed by atoms with E-state index in [1.54, 1.807) is 6.92 Å². The van der Waals surface area contributed by atoms with Crippen LogP contribution >= 0.6 is 0 Å². The Morgan fingerprint density at radius 1 is 1.00 bits per heavy atom. The fourth-order valence-electron chi connectivity index (χ4n) is 2.35. The Kier molecular flexibility index (Phi) is 4.16. The van der Waals surface area contributed by atoms with Gasteiger partial charge in [0.1, 0.15) is 5.82 Å². The standard InChI is InChI=1S/C17H17N5O/c1-13-19-16(21(18)12-14-8-4-2-5-9-14)20-17(23)22(13)15-10-6-3-7-11-15/h2-11H,12,18H2,1H3. The summed E-state index contributed by atoms with van der Waals surface area (Å²) in [5.41, 5.74) is 1.35. The van der Waals surface area contributed by atoms with Gasteiger partial charge in [-0.25, -0.2) is 15.2 Å². The zero-order chi connectivity index (χ0) is 16.2. The van der Waals surface area contributed by atoms with Crippen LogP contribution in [0.3, 0.4) is 0 Å². The van der Waals surface area contributed by atoms with Gasteiger partial charge in [0.25, 0.3) is 0 Å². The lowest BCUT2D eigenvalue weighted by Crippen LogP contribution is -2.36. The number of benzene rings is 2. The van der Waals surface area contributed by atoms with Crippen molar-refractivity contribution in [2.24, 2.45) is 5.84 Å². The quantitative estimate of drug-likeness (QED) is 0.587. The molecule has 0 spiro atoms. The molecule has 1 aromatic heterocycles. The van der Waals surface area contributed by atoms with E-state index in [2.05, 4.69) is 9.97 Å². The van der Waals surface area contributed by atoms with E-state index >= 15 is 0 Å². The minimum atomic E-state index is -0.401. The molecule has 3 aromatic rings. The van der Waals surface area contributed by atoms with Crippen molar-refractivity contribution in [1.82, 2.24) is 14.5 Å². The van der Waals surface area contributed by atoms with Crippen LogP contribution in [-0.4, -0.2) is 14.5 Å². The van der Waals surface area contributed by atoms with Crippen molar-refractivity contribution in [2.45, 2.75) is 13.5 Å². The Morgan fingerprint density at radius 2 is 1.61 bits per heavy atom. The van der Waals surface area contributed by atoms with Gasteiger partial charge < -0.3 is 0 Å². The van der Waals surface area contributed by atoms with Gasteiger partial charge in [0.05, 0.1) is 12.2 Å². The minimum Gasteiger partial charge on any atom is -0.274 e. The molecule has 0 saturated carbocycles. The zero-order valence-electron chi connectivity index (χ0n) is 12.8. The van der Waals surface area contributed by atoms with Crippen molar-refractivity contribution >= 4 is 5.95 Å². The molecule has 6 heteroatoms. The van der Waals surface area contributed by atoms with E-state index in [0.717, 1.165) is 11.3 Å². The first-order valence-corrected chi connectivity index (χ1v) is 7.24. The van der Waals surface area contributed by atoms with Crippen LogP contribution in [0.1, 0.15) is 11.4 Å². The molecule has 6 nitrogen and oxygen atoms in total. The van der Waals surface area contributed by atoms with Crippen molar-refractivity contribution in [1.29, 1.82) is 0 Å². The number of aryl methyl sites for hydroxylation is 1. The van der Waals surface area contributed by atoms with E-state index in [0.29, 0.717) is 12.4 Å². The van der Waals surface area contributed by atoms with Crippen LogP contribution in [0.15, 0.2) is 65.5 Å². The maximum absolute atomic E-state index is 12.3. The number of para-hydroxylation sites is 1. The van der Waals surface area contributed by atoms with Gasteiger partial charge in [-0.3, -0.25) is 5.01 Å². The third-order valence-electron chi connectivity index (χ3n) is 3.44. The van der Waals surface area contributed by atoms with Gasteiger partial charge in [-0.2, -0.15) is 9.97 Å². The largest absolute Gasteiger partial charge is 0.356 e. The lowest BCUT2D eigenvalue weighted by atomic mass is 10.2. The van der Waals surface area contributed by atoms with Gasteiger partial charge >= 0.3 is 5.69 Å². The van der Waals surface area contributed by atoms with Crippen LogP contribution in [0.5, 0.6) is 0 Å². The first kappa shape index (κ1) is 14.9. The fourth-order valence-corrected chi connectivity index (χ4v) is 2.35. The van der Waals surface area contributed by atoms with E-state index in [4.69, 9.17) is 5.84 Å². The molecule has 1 heterocycles. The van der Waals surface area contributed by atoms with Gasteiger partial charge in [-0.05, 0) is 24.6 Å². The number of rotatable bonds is 4. The lowest BCUT2D eigenvalue weighted by molar-refractivity contribution is 0.743. The van der Waals surface area contributed by atoms with Crippen molar-refractivity contribution in [3.8, 4) is 5.69 Å². The summed E-state index contributed by atoms with van der Waals surface area (Å²) in [6.07, 6.45) is 0. The van der Waals surface area contributed by atoms with Crippen LogP contribution < -0.4 is 16.5 Å². The molecule has 0 aliphatic heterocycles. The monoisotopic (exact) mass is 307 g/mol. The molecule has 0 bridgehead atoms. The number of hydrogen-bond donors (Lipinski definition) is 1. The SMILES string of the molecule is Cc1nc(N(N)Cc2ccccc2)nc(=O)n1-c1ccccc1. The third kappa shape index (κ3) is 3.27. The molecule has 0 fully saturated rings. The average Bonchev–Trinajstić information content (AvgIpc) is 2.56. The summed E-state index contributed by atoms with van der Waals surface area (Å²) < 4.78 is 1.46. The fraction of sp³-hybridized carbons (Fsp3) is 0.118. The smallest absolute Gasteiger partial charge is 0.274 e. The molecule has 0 saturated heterocycles. The molecular weight excluding hydrogens is 290 g/mol. The molecule has 0 atom stereocenters. The molecule has 2 N–H and O–H groups in total. The van der Waals surface area contributed by atoms with Crippen molar-refractivity contribution in [3.63, 3.8) is 0 Å². The summed E-state index contributed by atoms with van der Waals surface area (Å²) in [5, 5.41) is 1.37. The lowest BCUT2D eigenvalue weighted by Gasteiger charge is -2.18. The Labute approximate surface area is 133 Å². The summed E-state index contributed by atoms with van der Waals surface area (Å²) in [6.45, 7) is 2.19. The highest BCUT2D eigenvalue weighted by Crippen LogP contribution is 2.10. The van der Waals surface area contributed by atoms with Crippen molar-refractivity contribution in [2.75, 3.05) is 5.01 Å². The maximum atomic E-state index is 12.3. The third-order valence-corrected chi connectivity index (χ3v) is 3.44. The molecular formula is C17H17N5O. The van der Waals surface area contributed by atoms with E-state index in [9.17, 15) is 4.79 Å². The highest BCUT2D eigenvalue weighted by Gasteiger charge is 2.12. The summed E-state index contributed by atoms with van der Waals surface area (Å²) in [6, 6.07) is 19.0. The summed E-state index contributed by atoms with van der Waals surface area (Å²) >= 11 is 0. The van der Waals surface area contributed by atoms with Crippen LogP contribution in [0.25, 0.3) is 5.69 Å². The van der Waals surface area contributed by atoms with E-state index in [1.165, 1.54) is 9.58 Å². The molecule has 2 aromatic carbocycles. The van der Waals surface area contributed by atoms with Gasteiger partial charge in [-0.1, -0.05) is 48.5 Å². The summed E-state index contributed by atoms with van der Waals surface area (Å²) in [5.74, 6) is 6.76. The van der Waals surface area contributed by atoms with Crippen LogP contribution in [0.2, 0.25) is 0 Å².